The van der Waals surface area contributed by atoms with Crippen LogP contribution in [-0.4, -0.2) is 41.7 Å². The molecule has 1 aliphatic carbocycles. The summed E-state index contributed by atoms with van der Waals surface area (Å²) in [6.45, 7) is 1.71. The van der Waals surface area contributed by atoms with Crippen molar-refractivity contribution in [3.63, 3.8) is 0 Å². The van der Waals surface area contributed by atoms with Gasteiger partial charge in [-0.25, -0.2) is 0 Å². The van der Waals surface area contributed by atoms with Gasteiger partial charge in [0.05, 0.1) is 5.92 Å². The quantitative estimate of drug-likeness (QED) is 0.674. The minimum atomic E-state index is 0.0439. The minimum Gasteiger partial charge on any atom is -0.396 e. The fourth-order valence-electron chi connectivity index (χ4n) is 2.71. The Labute approximate surface area is 90.4 Å². The van der Waals surface area contributed by atoms with E-state index in [2.05, 4.69) is 0 Å². The molecule has 1 heterocycles. The first-order chi connectivity index (χ1) is 7.22. The van der Waals surface area contributed by atoms with Gasteiger partial charge in [-0.2, -0.15) is 0 Å². The van der Waals surface area contributed by atoms with Gasteiger partial charge in [-0.1, -0.05) is 6.42 Å². The third-order valence-corrected chi connectivity index (χ3v) is 3.74. The summed E-state index contributed by atoms with van der Waals surface area (Å²) in [5.74, 6) is 0.546. The van der Waals surface area contributed by atoms with E-state index in [1.54, 1.807) is 0 Å². The molecule has 1 saturated heterocycles. The van der Waals surface area contributed by atoms with E-state index in [1.165, 1.54) is 0 Å². The number of hydrogen-bond donors (Lipinski definition) is 2. The second kappa shape index (κ2) is 4.49. The first-order valence-electron chi connectivity index (χ1n) is 5.87. The maximum atomic E-state index is 12.1. The maximum absolute atomic E-state index is 12.1. The lowest BCUT2D eigenvalue weighted by atomic mass is 10.0. The number of nitrogens with zero attached hydrogens (tertiary/aromatic N) is 1. The second-order valence-electron chi connectivity index (χ2n) is 4.82. The Balaban J connectivity index is 1.91. The summed E-state index contributed by atoms with van der Waals surface area (Å²) in [4.78, 5) is 14.0. The molecule has 1 amide bonds. The molecule has 0 aromatic carbocycles. The molecule has 0 radical (unpaired) electrons. The van der Waals surface area contributed by atoms with Crippen LogP contribution in [-0.2, 0) is 4.79 Å². The summed E-state index contributed by atoms with van der Waals surface area (Å²) in [5.41, 5.74) is 5.92. The Morgan fingerprint density at radius 1 is 1.40 bits per heavy atom. The molecule has 4 heteroatoms. The average molecular weight is 212 g/mol. The maximum Gasteiger partial charge on any atom is 0.227 e. The number of nitrogens with two attached hydrogens (primary N) is 1. The van der Waals surface area contributed by atoms with Gasteiger partial charge in [0.2, 0.25) is 5.91 Å². The molecular weight excluding hydrogens is 192 g/mol. The van der Waals surface area contributed by atoms with E-state index >= 15 is 0 Å². The van der Waals surface area contributed by atoms with Crippen LogP contribution in [0.1, 0.15) is 25.7 Å². The van der Waals surface area contributed by atoms with Gasteiger partial charge < -0.3 is 15.7 Å². The number of rotatable bonds is 2. The van der Waals surface area contributed by atoms with Gasteiger partial charge in [0.1, 0.15) is 0 Å². The summed E-state index contributed by atoms with van der Waals surface area (Å²) in [7, 11) is 0. The third-order valence-electron chi connectivity index (χ3n) is 3.74. The van der Waals surface area contributed by atoms with Crippen molar-refractivity contribution in [1.82, 2.24) is 4.90 Å². The Morgan fingerprint density at radius 3 is 2.73 bits per heavy atom. The molecule has 3 N–H and O–H groups in total. The summed E-state index contributed by atoms with van der Waals surface area (Å²) in [6.07, 6.45) is 3.94. The zero-order valence-electron chi connectivity index (χ0n) is 9.06. The van der Waals surface area contributed by atoms with Crippen LogP contribution < -0.4 is 5.73 Å². The number of aliphatic hydroxyl groups is 1. The van der Waals surface area contributed by atoms with Crippen molar-refractivity contribution in [1.29, 1.82) is 0 Å². The van der Waals surface area contributed by atoms with E-state index in [4.69, 9.17) is 10.8 Å². The second-order valence-corrected chi connectivity index (χ2v) is 4.82. The lowest BCUT2D eigenvalue weighted by Gasteiger charge is -2.22. The predicted molar refractivity (Wildman–Crippen MR) is 57.1 cm³/mol. The zero-order valence-corrected chi connectivity index (χ0v) is 9.06. The predicted octanol–water partition coefficient (Wildman–Crippen LogP) is -0.0454. The Hall–Kier alpha value is -0.610. The van der Waals surface area contributed by atoms with E-state index in [0.29, 0.717) is 0 Å². The minimum absolute atomic E-state index is 0.0439. The SMILES string of the molecule is NC1CCCC1C(=O)N1CCC(CO)C1. The van der Waals surface area contributed by atoms with Crippen molar-refractivity contribution in [2.24, 2.45) is 17.6 Å². The van der Waals surface area contributed by atoms with Gasteiger partial charge in [-0.05, 0) is 19.3 Å². The molecule has 2 fully saturated rings. The van der Waals surface area contributed by atoms with Crippen molar-refractivity contribution in [3.8, 4) is 0 Å². The van der Waals surface area contributed by atoms with Crippen LogP contribution in [0.5, 0.6) is 0 Å². The average Bonchev–Trinajstić information content (AvgIpc) is 2.84. The van der Waals surface area contributed by atoms with Crippen LogP contribution in [0, 0.1) is 11.8 Å². The standard InChI is InChI=1S/C11H20N2O2/c12-10-3-1-2-9(10)11(15)13-5-4-8(6-13)7-14/h8-10,14H,1-7,12H2. The number of aliphatic hydroxyl groups excluding tert-OH is 1. The lowest BCUT2D eigenvalue weighted by molar-refractivity contribution is -0.134. The molecule has 0 aromatic heterocycles. The fraction of sp³-hybridized carbons (Fsp3) is 0.909. The van der Waals surface area contributed by atoms with Crippen LogP contribution in [0.15, 0.2) is 0 Å². The molecule has 1 aliphatic heterocycles. The molecule has 0 spiro atoms. The molecule has 0 aromatic rings. The molecule has 2 aliphatic rings. The van der Waals surface area contributed by atoms with Crippen LogP contribution >= 0.6 is 0 Å². The van der Waals surface area contributed by atoms with Gasteiger partial charge in [-0.3, -0.25) is 4.79 Å². The first-order valence-corrected chi connectivity index (χ1v) is 5.87. The van der Waals surface area contributed by atoms with E-state index < -0.39 is 0 Å². The first kappa shape index (κ1) is 10.9. The van der Waals surface area contributed by atoms with Gasteiger partial charge >= 0.3 is 0 Å². The van der Waals surface area contributed by atoms with Gasteiger partial charge in [-0.15, -0.1) is 0 Å². The highest BCUT2D eigenvalue weighted by Crippen LogP contribution is 2.28. The lowest BCUT2D eigenvalue weighted by Crippen LogP contribution is -2.40. The van der Waals surface area contributed by atoms with Crippen LogP contribution in [0.3, 0.4) is 0 Å². The van der Waals surface area contributed by atoms with Crippen LogP contribution in [0.25, 0.3) is 0 Å². The molecule has 15 heavy (non-hydrogen) atoms. The van der Waals surface area contributed by atoms with E-state index in [0.717, 1.165) is 38.8 Å². The highest BCUT2D eigenvalue weighted by atomic mass is 16.3. The fourth-order valence-corrected chi connectivity index (χ4v) is 2.71. The van der Waals surface area contributed by atoms with E-state index in [-0.39, 0.29) is 30.4 Å². The molecular formula is C11H20N2O2. The summed E-state index contributed by atoms with van der Waals surface area (Å²) in [6, 6.07) is 0.0608. The summed E-state index contributed by atoms with van der Waals surface area (Å²) >= 11 is 0. The molecule has 86 valence electrons. The van der Waals surface area contributed by atoms with Crippen molar-refractivity contribution in [2.45, 2.75) is 31.7 Å². The Kier molecular flexibility index (Phi) is 3.26. The molecule has 4 nitrogen and oxygen atoms in total. The van der Waals surface area contributed by atoms with Crippen LogP contribution in [0.2, 0.25) is 0 Å². The summed E-state index contributed by atoms with van der Waals surface area (Å²) < 4.78 is 0. The Bertz CT molecular complexity index is 245. The number of carbonyl (C=O) groups is 1. The topological polar surface area (TPSA) is 66.6 Å². The largest absolute Gasteiger partial charge is 0.396 e. The van der Waals surface area contributed by atoms with Crippen molar-refractivity contribution in [3.05, 3.63) is 0 Å². The molecule has 3 atom stereocenters. The smallest absolute Gasteiger partial charge is 0.227 e. The van der Waals surface area contributed by atoms with Gasteiger partial charge in [0.15, 0.2) is 0 Å². The molecule has 1 saturated carbocycles. The van der Waals surface area contributed by atoms with Gasteiger partial charge in [0.25, 0.3) is 0 Å². The monoisotopic (exact) mass is 212 g/mol. The highest BCUT2D eigenvalue weighted by Gasteiger charge is 2.35. The zero-order chi connectivity index (χ0) is 10.8. The number of amides is 1. The molecule has 3 unspecified atom stereocenters. The van der Waals surface area contributed by atoms with E-state index in [1.807, 2.05) is 4.90 Å². The normalized spacial score (nSPS) is 36.1. The van der Waals surface area contributed by atoms with Crippen molar-refractivity contribution < 1.29 is 9.90 Å². The summed E-state index contributed by atoms with van der Waals surface area (Å²) in [5, 5.41) is 9.02. The molecule has 2 rings (SSSR count). The number of likely N-dealkylation sites (tertiary alicyclic amines) is 1. The number of hydrogen-bond acceptors (Lipinski definition) is 3. The third kappa shape index (κ3) is 2.16. The highest BCUT2D eigenvalue weighted by molar-refractivity contribution is 5.80. The van der Waals surface area contributed by atoms with Crippen molar-refractivity contribution in [2.75, 3.05) is 19.7 Å². The van der Waals surface area contributed by atoms with E-state index in [9.17, 15) is 4.79 Å². The Morgan fingerprint density at radius 2 is 2.20 bits per heavy atom. The molecule has 0 bridgehead atoms. The number of carbonyl (C=O) groups excluding carboxylic acids is 1. The van der Waals surface area contributed by atoms with Gasteiger partial charge in [0, 0.05) is 31.7 Å². The van der Waals surface area contributed by atoms with Crippen LogP contribution in [0.4, 0.5) is 0 Å². The van der Waals surface area contributed by atoms with Crippen molar-refractivity contribution >= 4 is 5.91 Å².